The van der Waals surface area contributed by atoms with Gasteiger partial charge in [0.15, 0.2) is 0 Å². The Morgan fingerprint density at radius 3 is 2.52 bits per heavy atom. The summed E-state index contributed by atoms with van der Waals surface area (Å²) < 4.78 is 0. The first-order chi connectivity index (χ1) is 12.2. The van der Waals surface area contributed by atoms with Crippen LogP contribution in [0.1, 0.15) is 36.0 Å². The third-order valence-corrected chi connectivity index (χ3v) is 4.57. The Kier molecular flexibility index (Phi) is 5.45. The smallest absolute Gasteiger partial charge is 0.252 e. The minimum absolute atomic E-state index is 0.319. The van der Waals surface area contributed by atoms with Crippen molar-refractivity contribution >= 4 is 23.2 Å². The van der Waals surface area contributed by atoms with Gasteiger partial charge >= 0.3 is 0 Å². The third-order valence-electron chi connectivity index (χ3n) is 4.57. The Balaban J connectivity index is 1.83. The fraction of sp³-hybridized carbons (Fsp3) is 0.389. The molecule has 2 heterocycles. The fourth-order valence-electron chi connectivity index (χ4n) is 3.24. The van der Waals surface area contributed by atoms with Crippen LogP contribution in [0.2, 0.25) is 0 Å². The van der Waals surface area contributed by atoms with Crippen molar-refractivity contribution < 1.29 is 4.79 Å². The number of amides is 1. The molecule has 25 heavy (non-hydrogen) atoms. The van der Waals surface area contributed by atoms with Crippen molar-refractivity contribution in [2.45, 2.75) is 37.8 Å². The molecule has 1 aliphatic carbocycles. The fourth-order valence-corrected chi connectivity index (χ4v) is 3.24. The van der Waals surface area contributed by atoms with Crippen LogP contribution in [0.25, 0.3) is 0 Å². The van der Waals surface area contributed by atoms with E-state index in [-0.39, 0.29) is 0 Å². The molecule has 0 bridgehead atoms. The predicted molar refractivity (Wildman–Crippen MR) is 99.0 cm³/mol. The number of hydrogen-bond acceptors (Lipinski definition) is 6. The Morgan fingerprint density at radius 1 is 1.12 bits per heavy atom. The molecule has 0 spiro atoms. The number of pyridine rings is 2. The number of primary amides is 1. The lowest BCUT2D eigenvalue weighted by molar-refractivity contribution is 0.100. The molecule has 3 rings (SSSR count). The zero-order valence-electron chi connectivity index (χ0n) is 14.3. The molecular formula is C18H24N6O. The van der Waals surface area contributed by atoms with E-state index in [0.29, 0.717) is 23.5 Å². The van der Waals surface area contributed by atoms with Gasteiger partial charge in [0.05, 0.1) is 5.56 Å². The summed E-state index contributed by atoms with van der Waals surface area (Å²) in [5.41, 5.74) is 6.64. The number of anilines is 3. The Morgan fingerprint density at radius 2 is 1.84 bits per heavy atom. The molecule has 1 amide bonds. The van der Waals surface area contributed by atoms with E-state index in [4.69, 9.17) is 5.73 Å². The van der Waals surface area contributed by atoms with Crippen LogP contribution in [0.15, 0.2) is 36.7 Å². The lowest BCUT2D eigenvalue weighted by Crippen LogP contribution is -2.44. The van der Waals surface area contributed by atoms with Crippen LogP contribution in [-0.4, -0.2) is 35.0 Å². The van der Waals surface area contributed by atoms with Gasteiger partial charge in [0.25, 0.3) is 5.91 Å². The van der Waals surface area contributed by atoms with Gasteiger partial charge in [-0.15, -0.1) is 0 Å². The normalized spacial score (nSPS) is 20.0. The van der Waals surface area contributed by atoms with Crippen LogP contribution in [0.4, 0.5) is 17.3 Å². The highest BCUT2D eigenvalue weighted by Gasteiger charge is 2.24. The van der Waals surface area contributed by atoms with E-state index < -0.39 is 5.91 Å². The molecule has 132 valence electrons. The molecule has 2 aromatic rings. The van der Waals surface area contributed by atoms with E-state index in [1.54, 1.807) is 24.5 Å². The highest BCUT2D eigenvalue weighted by atomic mass is 16.1. The monoisotopic (exact) mass is 340 g/mol. The van der Waals surface area contributed by atoms with Gasteiger partial charge in [-0.3, -0.25) is 9.78 Å². The van der Waals surface area contributed by atoms with Crippen LogP contribution >= 0.6 is 0 Å². The lowest BCUT2D eigenvalue weighted by Gasteiger charge is -2.32. The zero-order chi connectivity index (χ0) is 17.6. The van der Waals surface area contributed by atoms with E-state index in [0.717, 1.165) is 24.3 Å². The number of carbonyl (C=O) groups excluding carboxylic acids is 1. The summed E-state index contributed by atoms with van der Waals surface area (Å²) in [6.45, 7) is 0. The van der Waals surface area contributed by atoms with Gasteiger partial charge in [-0.1, -0.05) is 12.8 Å². The number of nitrogens with zero attached hydrogens (tertiary/aromatic N) is 2. The van der Waals surface area contributed by atoms with Crippen molar-refractivity contribution in [3.05, 3.63) is 42.2 Å². The molecule has 1 aliphatic rings. The average molecular weight is 340 g/mol. The standard InChI is InChI=1S/C18H24N6O/c1-20-14-4-2-3-5-15(14)23-16-7-6-13(17(19)25)18(24-16)22-12-8-10-21-11-9-12/h6-11,14-15,20H,2-5H2,1H3,(H2,19,25)(H2,21,22,23,24). The summed E-state index contributed by atoms with van der Waals surface area (Å²) >= 11 is 0. The highest BCUT2D eigenvalue weighted by Crippen LogP contribution is 2.24. The van der Waals surface area contributed by atoms with Crippen molar-refractivity contribution in [1.82, 2.24) is 15.3 Å². The molecule has 0 aromatic carbocycles. The maximum atomic E-state index is 11.7. The molecule has 0 radical (unpaired) electrons. The summed E-state index contributed by atoms with van der Waals surface area (Å²) in [5, 5.41) is 10.0. The quantitative estimate of drug-likeness (QED) is 0.643. The maximum absolute atomic E-state index is 11.7. The molecule has 2 atom stereocenters. The Labute approximate surface area is 147 Å². The zero-order valence-corrected chi connectivity index (χ0v) is 14.3. The number of nitrogens with two attached hydrogens (primary N) is 1. The van der Waals surface area contributed by atoms with Gasteiger partial charge in [-0.2, -0.15) is 0 Å². The van der Waals surface area contributed by atoms with Crippen LogP contribution < -0.4 is 21.7 Å². The second-order valence-corrected chi connectivity index (χ2v) is 6.25. The lowest BCUT2D eigenvalue weighted by atomic mass is 9.90. The number of carbonyl (C=O) groups is 1. The molecule has 2 aromatic heterocycles. The molecule has 0 saturated heterocycles. The number of rotatable bonds is 6. The minimum Gasteiger partial charge on any atom is -0.366 e. The summed E-state index contributed by atoms with van der Waals surface area (Å²) in [4.78, 5) is 20.3. The minimum atomic E-state index is -0.513. The Bertz CT molecular complexity index is 721. The van der Waals surface area contributed by atoms with Gasteiger partial charge in [0, 0.05) is 30.2 Å². The van der Waals surface area contributed by atoms with Crippen LogP contribution in [0.3, 0.4) is 0 Å². The summed E-state index contributed by atoms with van der Waals surface area (Å²) in [7, 11) is 1.99. The largest absolute Gasteiger partial charge is 0.366 e. The summed E-state index contributed by atoms with van der Waals surface area (Å²) in [5.74, 6) is 0.663. The first kappa shape index (κ1) is 17.2. The van der Waals surface area contributed by atoms with Gasteiger partial charge < -0.3 is 21.7 Å². The number of hydrogen-bond donors (Lipinski definition) is 4. The Hall–Kier alpha value is -2.67. The van der Waals surface area contributed by atoms with Crippen LogP contribution in [0, 0.1) is 0 Å². The molecule has 7 heteroatoms. The van der Waals surface area contributed by atoms with E-state index in [1.165, 1.54) is 12.8 Å². The van der Waals surface area contributed by atoms with Crippen molar-refractivity contribution in [2.75, 3.05) is 17.7 Å². The van der Waals surface area contributed by atoms with Crippen molar-refractivity contribution in [2.24, 2.45) is 5.73 Å². The maximum Gasteiger partial charge on any atom is 0.252 e. The highest BCUT2D eigenvalue weighted by molar-refractivity contribution is 5.98. The van der Waals surface area contributed by atoms with Crippen LogP contribution in [0.5, 0.6) is 0 Å². The predicted octanol–water partition coefficient (Wildman–Crippen LogP) is 2.26. The summed E-state index contributed by atoms with van der Waals surface area (Å²) in [6, 6.07) is 7.87. The van der Waals surface area contributed by atoms with Crippen LogP contribution in [-0.2, 0) is 0 Å². The van der Waals surface area contributed by atoms with E-state index in [1.807, 2.05) is 19.2 Å². The second-order valence-electron chi connectivity index (χ2n) is 6.25. The SMILES string of the molecule is CNC1CCCCC1Nc1ccc(C(N)=O)c(Nc2ccncc2)n1. The van der Waals surface area contributed by atoms with Gasteiger partial charge in [0.1, 0.15) is 11.6 Å². The topological polar surface area (TPSA) is 105 Å². The van der Waals surface area contributed by atoms with Gasteiger partial charge in [0.2, 0.25) is 0 Å². The van der Waals surface area contributed by atoms with E-state index in [9.17, 15) is 4.79 Å². The molecule has 0 aliphatic heterocycles. The van der Waals surface area contributed by atoms with Crippen molar-refractivity contribution in [1.29, 1.82) is 0 Å². The molecule has 1 saturated carbocycles. The van der Waals surface area contributed by atoms with Crippen molar-refractivity contribution in [3.8, 4) is 0 Å². The molecule has 7 nitrogen and oxygen atoms in total. The van der Waals surface area contributed by atoms with Crippen molar-refractivity contribution in [3.63, 3.8) is 0 Å². The number of nitrogens with one attached hydrogen (secondary N) is 3. The first-order valence-electron chi connectivity index (χ1n) is 8.59. The van der Waals surface area contributed by atoms with E-state index >= 15 is 0 Å². The third kappa shape index (κ3) is 4.24. The summed E-state index contributed by atoms with van der Waals surface area (Å²) in [6.07, 6.45) is 8.04. The molecule has 2 unspecified atom stereocenters. The molecular weight excluding hydrogens is 316 g/mol. The molecule has 5 N–H and O–H groups in total. The van der Waals surface area contributed by atoms with Gasteiger partial charge in [-0.05, 0) is 44.2 Å². The first-order valence-corrected chi connectivity index (χ1v) is 8.59. The van der Waals surface area contributed by atoms with Gasteiger partial charge in [-0.25, -0.2) is 4.98 Å². The van der Waals surface area contributed by atoms with E-state index in [2.05, 4.69) is 25.9 Å². The number of likely N-dealkylation sites (N-methyl/N-ethyl adjacent to an activating group) is 1. The average Bonchev–Trinajstić information content (AvgIpc) is 2.63. The number of aromatic nitrogens is 2. The molecule has 1 fully saturated rings. The second kappa shape index (κ2) is 7.94.